The first-order chi connectivity index (χ1) is 8.00. The summed E-state index contributed by atoms with van der Waals surface area (Å²) in [5.41, 5.74) is 0.701. The number of aryl methyl sites for hydroxylation is 1. The second kappa shape index (κ2) is 4.51. The maximum absolute atomic E-state index is 12.3. The molecule has 0 unspecified atom stereocenters. The Kier molecular flexibility index (Phi) is 3.22. The maximum Gasteiger partial charge on any atom is 0.206 e. The van der Waals surface area contributed by atoms with E-state index in [9.17, 15) is 8.42 Å². The van der Waals surface area contributed by atoms with Crippen molar-refractivity contribution >= 4 is 21.4 Å². The summed E-state index contributed by atoms with van der Waals surface area (Å²) < 4.78 is 24.5. The van der Waals surface area contributed by atoms with E-state index in [1.165, 1.54) is 6.07 Å². The minimum Gasteiger partial charge on any atom is -0.219 e. The van der Waals surface area contributed by atoms with Gasteiger partial charge in [-0.05, 0) is 36.8 Å². The molecule has 2 aromatic carbocycles. The predicted octanol–water partition coefficient (Wildman–Crippen LogP) is 3.28. The lowest BCUT2D eigenvalue weighted by Crippen LogP contribution is -2.02. The van der Waals surface area contributed by atoms with Crippen LogP contribution in [0.1, 0.15) is 5.56 Å². The van der Waals surface area contributed by atoms with Gasteiger partial charge in [-0.15, -0.1) is 0 Å². The van der Waals surface area contributed by atoms with E-state index in [4.69, 9.17) is 11.6 Å². The van der Waals surface area contributed by atoms with Crippen molar-refractivity contribution in [1.82, 2.24) is 0 Å². The number of halogens is 1. The highest BCUT2D eigenvalue weighted by atomic mass is 35.5. The van der Waals surface area contributed by atoms with E-state index in [-0.39, 0.29) is 9.79 Å². The maximum atomic E-state index is 12.3. The lowest BCUT2D eigenvalue weighted by Gasteiger charge is -2.05. The molecule has 0 amide bonds. The van der Waals surface area contributed by atoms with E-state index in [0.717, 1.165) is 0 Å². The number of hydrogen-bond acceptors (Lipinski definition) is 2. The van der Waals surface area contributed by atoms with Gasteiger partial charge in [-0.3, -0.25) is 0 Å². The smallest absolute Gasteiger partial charge is 0.206 e. The average Bonchev–Trinajstić information content (AvgIpc) is 2.29. The van der Waals surface area contributed by atoms with Crippen LogP contribution in [0.3, 0.4) is 0 Å². The summed E-state index contributed by atoms with van der Waals surface area (Å²) in [7, 11) is -3.49. The van der Waals surface area contributed by atoms with Crippen molar-refractivity contribution in [2.75, 3.05) is 0 Å². The Bertz CT molecular complexity index is 613. The second-order valence-corrected chi connectivity index (χ2v) is 6.02. The minimum absolute atomic E-state index is 0.199. The summed E-state index contributed by atoms with van der Waals surface area (Å²) in [5, 5.41) is 0.305. The first kappa shape index (κ1) is 12.1. The molecule has 2 aromatic rings. The van der Waals surface area contributed by atoms with Gasteiger partial charge in [-0.1, -0.05) is 29.8 Å². The Morgan fingerprint density at radius 1 is 1.06 bits per heavy atom. The minimum atomic E-state index is -3.49. The van der Waals surface area contributed by atoms with Crippen LogP contribution < -0.4 is 0 Å². The van der Waals surface area contributed by atoms with Gasteiger partial charge in [0.15, 0.2) is 0 Å². The van der Waals surface area contributed by atoms with Gasteiger partial charge in [0, 0.05) is 6.07 Å². The van der Waals surface area contributed by atoms with Gasteiger partial charge in [0.25, 0.3) is 0 Å². The number of sulfone groups is 1. The zero-order chi connectivity index (χ0) is 12.5. The molecule has 0 bridgehead atoms. The Hall–Kier alpha value is -1.32. The van der Waals surface area contributed by atoms with Crippen LogP contribution in [0.15, 0.2) is 52.3 Å². The van der Waals surface area contributed by atoms with E-state index in [0.29, 0.717) is 10.6 Å². The van der Waals surface area contributed by atoms with Crippen LogP contribution in [0.25, 0.3) is 0 Å². The van der Waals surface area contributed by atoms with Crippen LogP contribution in [-0.4, -0.2) is 8.42 Å². The van der Waals surface area contributed by atoms with Gasteiger partial charge < -0.3 is 0 Å². The van der Waals surface area contributed by atoms with Crippen molar-refractivity contribution in [3.05, 3.63) is 59.1 Å². The van der Waals surface area contributed by atoms with Crippen LogP contribution in [-0.2, 0) is 9.84 Å². The first-order valence-corrected chi connectivity index (χ1v) is 6.86. The SMILES string of the molecule is Cc1[c]c(Cl)cc(S(=O)(=O)c2ccccc2)c1. The van der Waals surface area contributed by atoms with Crippen LogP contribution in [0.2, 0.25) is 5.02 Å². The molecule has 4 heteroatoms. The Labute approximate surface area is 106 Å². The fourth-order valence-electron chi connectivity index (χ4n) is 1.53. The molecule has 0 spiro atoms. The molecule has 0 saturated carbocycles. The zero-order valence-electron chi connectivity index (χ0n) is 9.14. The van der Waals surface area contributed by atoms with Gasteiger partial charge in [-0.2, -0.15) is 0 Å². The average molecular weight is 266 g/mol. The monoisotopic (exact) mass is 265 g/mol. The second-order valence-electron chi connectivity index (χ2n) is 3.66. The Morgan fingerprint density at radius 3 is 2.29 bits per heavy atom. The number of rotatable bonds is 2. The molecule has 0 saturated heterocycles. The lowest BCUT2D eigenvalue weighted by molar-refractivity contribution is 0.596. The van der Waals surface area contributed by atoms with E-state index in [1.807, 2.05) is 0 Å². The van der Waals surface area contributed by atoms with Crippen molar-refractivity contribution in [2.24, 2.45) is 0 Å². The quantitative estimate of drug-likeness (QED) is 0.835. The highest BCUT2D eigenvalue weighted by Gasteiger charge is 2.17. The molecule has 0 aliphatic heterocycles. The molecular formula is C13H10ClO2S. The summed E-state index contributed by atoms with van der Waals surface area (Å²) in [5.74, 6) is 0. The van der Waals surface area contributed by atoms with Crippen molar-refractivity contribution < 1.29 is 8.42 Å². The lowest BCUT2D eigenvalue weighted by atomic mass is 10.2. The fraction of sp³-hybridized carbons (Fsp3) is 0.0769. The normalized spacial score (nSPS) is 11.4. The molecule has 0 N–H and O–H groups in total. The van der Waals surface area contributed by atoms with Crippen molar-refractivity contribution in [3.63, 3.8) is 0 Å². The highest BCUT2D eigenvalue weighted by Crippen LogP contribution is 2.24. The third kappa shape index (κ3) is 2.51. The van der Waals surface area contributed by atoms with Crippen LogP contribution in [0, 0.1) is 13.0 Å². The fourth-order valence-corrected chi connectivity index (χ4v) is 3.26. The molecular weight excluding hydrogens is 256 g/mol. The molecule has 0 fully saturated rings. The number of benzene rings is 2. The highest BCUT2D eigenvalue weighted by molar-refractivity contribution is 7.91. The summed E-state index contributed by atoms with van der Waals surface area (Å²) >= 11 is 5.82. The van der Waals surface area contributed by atoms with E-state index < -0.39 is 9.84 Å². The van der Waals surface area contributed by atoms with Gasteiger partial charge >= 0.3 is 0 Å². The molecule has 2 rings (SSSR count). The van der Waals surface area contributed by atoms with Gasteiger partial charge in [0.1, 0.15) is 0 Å². The molecule has 0 heterocycles. The third-order valence-corrected chi connectivity index (χ3v) is 4.26. The van der Waals surface area contributed by atoms with E-state index in [1.54, 1.807) is 43.3 Å². The molecule has 1 radical (unpaired) electrons. The molecule has 0 atom stereocenters. The molecule has 0 aromatic heterocycles. The molecule has 17 heavy (non-hydrogen) atoms. The molecule has 0 aliphatic rings. The van der Waals surface area contributed by atoms with Gasteiger partial charge in [0.2, 0.25) is 9.84 Å². The zero-order valence-corrected chi connectivity index (χ0v) is 10.7. The predicted molar refractivity (Wildman–Crippen MR) is 66.9 cm³/mol. The number of hydrogen-bond donors (Lipinski definition) is 0. The molecule has 2 nitrogen and oxygen atoms in total. The first-order valence-electron chi connectivity index (χ1n) is 5.00. The van der Waals surface area contributed by atoms with Gasteiger partial charge in [0.05, 0.1) is 14.8 Å². The van der Waals surface area contributed by atoms with Crippen molar-refractivity contribution in [1.29, 1.82) is 0 Å². The largest absolute Gasteiger partial charge is 0.219 e. The molecule has 87 valence electrons. The summed E-state index contributed by atoms with van der Waals surface area (Å²) in [4.78, 5) is 0.464. The van der Waals surface area contributed by atoms with E-state index in [2.05, 4.69) is 6.07 Å². The Morgan fingerprint density at radius 2 is 1.71 bits per heavy atom. The summed E-state index contributed by atoms with van der Waals surface area (Å²) in [6.07, 6.45) is 0. The molecule has 0 aliphatic carbocycles. The summed E-state index contributed by atoms with van der Waals surface area (Å²) in [6.45, 7) is 1.76. The summed E-state index contributed by atoms with van der Waals surface area (Å²) in [6, 6.07) is 14.1. The topological polar surface area (TPSA) is 34.1 Å². The van der Waals surface area contributed by atoms with Crippen molar-refractivity contribution in [2.45, 2.75) is 16.7 Å². The van der Waals surface area contributed by atoms with Crippen molar-refractivity contribution in [3.8, 4) is 0 Å². The van der Waals surface area contributed by atoms with Crippen LogP contribution in [0.4, 0.5) is 0 Å². The van der Waals surface area contributed by atoms with E-state index >= 15 is 0 Å². The van der Waals surface area contributed by atoms with Gasteiger partial charge in [-0.25, -0.2) is 8.42 Å². The van der Waals surface area contributed by atoms with Crippen LogP contribution >= 0.6 is 11.6 Å². The van der Waals surface area contributed by atoms with Crippen LogP contribution in [0.5, 0.6) is 0 Å². The standard InChI is InChI=1S/C13H10ClO2S/c1-10-7-11(14)9-13(8-10)17(15,16)12-5-3-2-4-6-12/h2-6,8-9H,1H3. The third-order valence-electron chi connectivity index (χ3n) is 2.31. The Balaban J connectivity index is 2.60.